The molecule has 10 rings (SSSR count). The molecular formula is C52H45N. The summed E-state index contributed by atoms with van der Waals surface area (Å²) in [7, 11) is 0. The van der Waals surface area contributed by atoms with Crippen molar-refractivity contribution in [2.24, 2.45) is 11.8 Å². The maximum Gasteiger partial charge on any atom is 0.0465 e. The lowest BCUT2D eigenvalue weighted by Gasteiger charge is -2.28. The van der Waals surface area contributed by atoms with Gasteiger partial charge in [-0.15, -0.1) is 0 Å². The van der Waals surface area contributed by atoms with Crippen LogP contribution in [-0.4, -0.2) is 0 Å². The van der Waals surface area contributed by atoms with Crippen LogP contribution in [0.2, 0.25) is 0 Å². The van der Waals surface area contributed by atoms with Crippen LogP contribution in [0.4, 0.5) is 17.1 Å². The van der Waals surface area contributed by atoms with E-state index < -0.39 is 0 Å². The molecule has 0 radical (unpaired) electrons. The molecule has 0 N–H and O–H groups in total. The molecule has 7 aromatic rings. The van der Waals surface area contributed by atoms with Crippen LogP contribution in [0.5, 0.6) is 0 Å². The van der Waals surface area contributed by atoms with Crippen molar-refractivity contribution in [3.05, 3.63) is 187 Å². The van der Waals surface area contributed by atoms with E-state index in [-0.39, 0.29) is 5.41 Å². The molecule has 3 aliphatic carbocycles. The molecule has 0 heterocycles. The summed E-state index contributed by atoms with van der Waals surface area (Å²) in [6, 6.07) is 63.2. The van der Waals surface area contributed by atoms with Gasteiger partial charge in [0, 0.05) is 22.5 Å². The van der Waals surface area contributed by atoms with Crippen LogP contribution in [-0.2, 0) is 5.41 Å². The number of fused-ring (bicyclic) bond motifs is 5. The Balaban J connectivity index is 1.02. The Morgan fingerprint density at radius 1 is 0.434 bits per heavy atom. The molecule has 3 atom stereocenters. The fourth-order valence-electron chi connectivity index (χ4n) is 10.1. The lowest BCUT2D eigenvalue weighted by molar-refractivity contribution is 0.420. The van der Waals surface area contributed by atoms with Gasteiger partial charge >= 0.3 is 0 Å². The molecule has 258 valence electrons. The average Bonchev–Trinajstić information content (AvgIpc) is 3.92. The maximum atomic E-state index is 2.43. The van der Waals surface area contributed by atoms with Gasteiger partial charge in [-0.1, -0.05) is 154 Å². The number of nitrogens with zero attached hydrogens (tertiary/aromatic N) is 1. The van der Waals surface area contributed by atoms with Crippen molar-refractivity contribution in [2.75, 3.05) is 4.90 Å². The number of benzene rings is 7. The highest BCUT2D eigenvalue weighted by atomic mass is 15.1. The molecule has 1 nitrogen and oxygen atoms in total. The molecule has 53 heavy (non-hydrogen) atoms. The first kappa shape index (κ1) is 32.0. The molecule has 3 unspecified atom stereocenters. The second kappa shape index (κ2) is 12.8. The van der Waals surface area contributed by atoms with E-state index in [1.807, 2.05) is 0 Å². The third-order valence-corrected chi connectivity index (χ3v) is 12.8. The van der Waals surface area contributed by atoms with Gasteiger partial charge in [0.15, 0.2) is 0 Å². The monoisotopic (exact) mass is 683 g/mol. The highest BCUT2D eigenvalue weighted by molar-refractivity contribution is 5.88. The first-order chi connectivity index (χ1) is 26.0. The van der Waals surface area contributed by atoms with Crippen molar-refractivity contribution in [2.45, 2.75) is 50.9 Å². The Kier molecular flexibility index (Phi) is 7.72. The first-order valence-electron chi connectivity index (χ1n) is 19.5. The molecule has 0 saturated heterocycles. The highest BCUT2D eigenvalue weighted by Crippen LogP contribution is 2.53. The summed E-state index contributed by atoms with van der Waals surface area (Å²) < 4.78 is 0. The van der Waals surface area contributed by atoms with Gasteiger partial charge in [-0.3, -0.25) is 0 Å². The van der Waals surface area contributed by atoms with E-state index in [2.05, 4.69) is 189 Å². The van der Waals surface area contributed by atoms with Gasteiger partial charge in [-0.25, -0.2) is 0 Å². The lowest BCUT2D eigenvalue weighted by Crippen LogP contribution is -2.16. The molecule has 0 aliphatic heterocycles. The first-order valence-corrected chi connectivity index (χ1v) is 19.5. The summed E-state index contributed by atoms with van der Waals surface area (Å²) in [5, 5.41) is 0. The molecule has 0 amide bonds. The van der Waals surface area contributed by atoms with Crippen LogP contribution in [0.15, 0.2) is 170 Å². The van der Waals surface area contributed by atoms with E-state index in [1.54, 1.807) is 5.56 Å². The fraction of sp³-hybridized carbons (Fsp3) is 0.192. The van der Waals surface area contributed by atoms with Gasteiger partial charge in [0.2, 0.25) is 0 Å². The highest BCUT2D eigenvalue weighted by Gasteiger charge is 2.40. The van der Waals surface area contributed by atoms with E-state index in [4.69, 9.17) is 0 Å². The Morgan fingerprint density at radius 2 is 0.962 bits per heavy atom. The molecule has 0 spiro atoms. The van der Waals surface area contributed by atoms with Gasteiger partial charge in [-0.05, 0) is 135 Å². The van der Waals surface area contributed by atoms with E-state index >= 15 is 0 Å². The lowest BCUT2D eigenvalue weighted by atomic mass is 9.82. The fourth-order valence-corrected chi connectivity index (χ4v) is 10.1. The standard InChI is InChI=1S/C52H45N/c1-52(2)50-15-9-8-14-47(50)48-31-30-44(34-51(48)52)53(43-28-24-39(25-29-43)46-13-7-6-12-45(46)38-10-4-3-5-11-38)42-26-22-37(23-27-42)36-18-20-40(21-19-36)49-33-35-16-17-41(49)32-35/h3-15,18-31,34-35,41,49H,16-17,32-33H2,1-2H3. The third-order valence-electron chi connectivity index (χ3n) is 12.8. The summed E-state index contributed by atoms with van der Waals surface area (Å²) in [5.41, 5.74) is 17.9. The average molecular weight is 684 g/mol. The minimum Gasteiger partial charge on any atom is -0.310 e. The zero-order valence-electron chi connectivity index (χ0n) is 30.7. The predicted octanol–water partition coefficient (Wildman–Crippen LogP) is 14.4. The summed E-state index contributed by atoms with van der Waals surface area (Å²) in [6.07, 6.45) is 5.71. The minimum atomic E-state index is -0.0767. The van der Waals surface area contributed by atoms with E-state index in [0.29, 0.717) is 0 Å². The third kappa shape index (κ3) is 5.53. The van der Waals surface area contributed by atoms with Crippen LogP contribution >= 0.6 is 0 Å². The zero-order chi connectivity index (χ0) is 35.5. The number of hydrogen-bond acceptors (Lipinski definition) is 1. The van der Waals surface area contributed by atoms with Gasteiger partial charge in [0.25, 0.3) is 0 Å². The van der Waals surface area contributed by atoms with Crippen LogP contribution in [0.3, 0.4) is 0 Å². The van der Waals surface area contributed by atoms with Gasteiger partial charge in [-0.2, -0.15) is 0 Å². The maximum absolute atomic E-state index is 2.43. The van der Waals surface area contributed by atoms with Crippen LogP contribution in [0.1, 0.15) is 62.1 Å². The van der Waals surface area contributed by atoms with Gasteiger partial charge < -0.3 is 4.90 Å². The summed E-state index contributed by atoms with van der Waals surface area (Å²) >= 11 is 0. The normalized spacial score (nSPS) is 19.2. The molecule has 0 aromatic heterocycles. The molecule has 1 heteroatoms. The van der Waals surface area contributed by atoms with Crippen molar-refractivity contribution in [1.82, 2.24) is 0 Å². The van der Waals surface area contributed by atoms with E-state index in [9.17, 15) is 0 Å². The van der Waals surface area contributed by atoms with Gasteiger partial charge in [0.1, 0.15) is 0 Å². The molecule has 7 aromatic carbocycles. The minimum absolute atomic E-state index is 0.0767. The Hall–Kier alpha value is -5.66. The molecule has 3 aliphatic rings. The summed E-state index contributed by atoms with van der Waals surface area (Å²) in [6.45, 7) is 4.73. The van der Waals surface area contributed by atoms with Crippen molar-refractivity contribution < 1.29 is 0 Å². The quantitative estimate of drug-likeness (QED) is 0.162. The van der Waals surface area contributed by atoms with Crippen molar-refractivity contribution >= 4 is 17.1 Å². The Labute approximate surface area is 314 Å². The van der Waals surface area contributed by atoms with E-state index in [0.717, 1.165) is 29.1 Å². The largest absolute Gasteiger partial charge is 0.310 e. The smallest absolute Gasteiger partial charge is 0.0465 e. The SMILES string of the molecule is CC1(C)c2ccccc2-c2ccc(N(c3ccc(-c4ccc(C5CC6CCC5C6)cc4)cc3)c3ccc(-c4ccccc4-c4ccccc4)cc3)cc21. The van der Waals surface area contributed by atoms with Gasteiger partial charge in [0.05, 0.1) is 0 Å². The molecular weight excluding hydrogens is 639 g/mol. The molecule has 2 fully saturated rings. The second-order valence-electron chi connectivity index (χ2n) is 16.1. The van der Waals surface area contributed by atoms with Crippen molar-refractivity contribution in [1.29, 1.82) is 0 Å². The summed E-state index contributed by atoms with van der Waals surface area (Å²) in [5.74, 6) is 2.64. The number of rotatable bonds is 7. The molecule has 2 saturated carbocycles. The van der Waals surface area contributed by atoms with Crippen LogP contribution in [0, 0.1) is 11.8 Å². The van der Waals surface area contributed by atoms with Crippen LogP contribution in [0.25, 0.3) is 44.5 Å². The van der Waals surface area contributed by atoms with E-state index in [1.165, 1.54) is 87.0 Å². The number of hydrogen-bond donors (Lipinski definition) is 0. The zero-order valence-corrected chi connectivity index (χ0v) is 30.7. The predicted molar refractivity (Wildman–Crippen MR) is 223 cm³/mol. The molecule has 2 bridgehead atoms. The topological polar surface area (TPSA) is 3.24 Å². The Bertz CT molecular complexity index is 2420. The summed E-state index contributed by atoms with van der Waals surface area (Å²) in [4.78, 5) is 2.42. The Morgan fingerprint density at radius 3 is 1.58 bits per heavy atom. The van der Waals surface area contributed by atoms with Crippen molar-refractivity contribution in [3.63, 3.8) is 0 Å². The number of anilines is 3. The van der Waals surface area contributed by atoms with Crippen LogP contribution < -0.4 is 4.90 Å². The van der Waals surface area contributed by atoms with Crippen molar-refractivity contribution in [3.8, 4) is 44.5 Å². The second-order valence-corrected chi connectivity index (χ2v) is 16.1.